The van der Waals surface area contributed by atoms with Gasteiger partial charge in [0.05, 0.1) is 37.2 Å². The molecule has 0 spiro atoms. The second-order valence-electron chi connectivity index (χ2n) is 7.24. The average molecular weight is 462 g/mol. The molecule has 0 radical (unpaired) electrons. The van der Waals surface area contributed by atoms with E-state index >= 15 is 0 Å². The van der Waals surface area contributed by atoms with Gasteiger partial charge in [-0.3, -0.25) is 0 Å². The van der Waals surface area contributed by atoms with Gasteiger partial charge >= 0.3 is 6.03 Å². The zero-order chi connectivity index (χ0) is 22.7. The number of halogens is 1. The van der Waals surface area contributed by atoms with E-state index in [1.165, 1.54) is 44.8 Å². The summed E-state index contributed by atoms with van der Waals surface area (Å²) in [5.41, 5.74) is 1.26. The Morgan fingerprint density at radius 2 is 1.78 bits per heavy atom. The highest BCUT2D eigenvalue weighted by Gasteiger charge is 2.25. The van der Waals surface area contributed by atoms with Crippen LogP contribution in [0.5, 0.6) is 22.4 Å². The van der Waals surface area contributed by atoms with Crippen LogP contribution >= 0.6 is 11.3 Å². The largest absolute Gasteiger partial charge is 0.493 e. The maximum Gasteiger partial charge on any atom is 0.321 e. The number of rotatable bonds is 6. The Morgan fingerprint density at radius 1 is 1.09 bits per heavy atom. The predicted molar refractivity (Wildman–Crippen MR) is 120 cm³/mol. The summed E-state index contributed by atoms with van der Waals surface area (Å²) in [5, 5.41) is 3.40. The number of benzene rings is 2. The van der Waals surface area contributed by atoms with E-state index in [1.54, 1.807) is 23.1 Å². The summed E-state index contributed by atoms with van der Waals surface area (Å²) < 4.78 is 36.1. The van der Waals surface area contributed by atoms with Crippen molar-refractivity contribution in [1.82, 2.24) is 9.88 Å². The van der Waals surface area contributed by atoms with Crippen LogP contribution < -0.4 is 24.3 Å². The van der Waals surface area contributed by atoms with Crippen molar-refractivity contribution < 1.29 is 28.1 Å². The number of thiazole rings is 1. The van der Waals surface area contributed by atoms with Crippen LogP contribution in [0.3, 0.4) is 0 Å². The number of methoxy groups -OCH3 is 3. The van der Waals surface area contributed by atoms with Crippen molar-refractivity contribution in [2.75, 3.05) is 39.7 Å². The molecule has 8 nitrogen and oxygen atoms in total. The number of hydrogen-bond donors (Lipinski definition) is 1. The van der Waals surface area contributed by atoms with E-state index in [-0.39, 0.29) is 18.0 Å². The summed E-state index contributed by atoms with van der Waals surface area (Å²) in [5.74, 6) is 1.10. The van der Waals surface area contributed by atoms with Gasteiger partial charge in [-0.1, -0.05) is 11.3 Å². The summed E-state index contributed by atoms with van der Waals surface area (Å²) in [6.45, 7) is 1.08. The number of aromatic nitrogens is 1. The molecule has 170 valence electrons. The first-order valence-electron chi connectivity index (χ1n) is 10.1. The number of carbonyl (C=O) groups is 1. The topological polar surface area (TPSA) is 82.2 Å². The number of likely N-dealkylation sites (tertiary alicyclic amines) is 1. The van der Waals surface area contributed by atoms with E-state index in [0.717, 1.165) is 4.70 Å². The molecule has 1 saturated heterocycles. The van der Waals surface area contributed by atoms with Crippen molar-refractivity contribution in [2.45, 2.75) is 18.9 Å². The summed E-state index contributed by atoms with van der Waals surface area (Å²) >= 11 is 1.32. The van der Waals surface area contributed by atoms with Crippen molar-refractivity contribution in [3.63, 3.8) is 0 Å². The first-order chi connectivity index (χ1) is 15.5. The van der Waals surface area contributed by atoms with Crippen LogP contribution in [0.4, 0.5) is 14.9 Å². The van der Waals surface area contributed by atoms with Gasteiger partial charge in [0, 0.05) is 38.1 Å². The van der Waals surface area contributed by atoms with Crippen LogP contribution in [0.25, 0.3) is 10.2 Å². The molecule has 0 aliphatic carbocycles. The standard InChI is InChI=1S/C22H24FN3O5S/c1-28-17-11-14(12-18(29-2)20(17)30-3)24-21(27)26-8-6-15(7-9-26)31-22-25-16-5-4-13(23)10-19(16)32-22/h4-5,10-12,15H,6-9H2,1-3H3,(H,24,27). The number of carbonyl (C=O) groups excluding carboxylic acids is 1. The maximum absolute atomic E-state index is 13.4. The molecule has 32 heavy (non-hydrogen) atoms. The number of fused-ring (bicyclic) bond motifs is 1. The molecule has 1 aromatic heterocycles. The van der Waals surface area contributed by atoms with Gasteiger partial charge in [-0.15, -0.1) is 0 Å². The minimum atomic E-state index is -0.292. The second-order valence-corrected chi connectivity index (χ2v) is 8.23. The number of hydrogen-bond acceptors (Lipinski definition) is 7. The van der Waals surface area contributed by atoms with Gasteiger partial charge in [0.25, 0.3) is 5.19 Å². The number of nitrogens with one attached hydrogen (secondary N) is 1. The van der Waals surface area contributed by atoms with Crippen molar-refractivity contribution in [3.8, 4) is 22.4 Å². The van der Waals surface area contributed by atoms with Crippen molar-refractivity contribution in [2.24, 2.45) is 0 Å². The lowest BCUT2D eigenvalue weighted by atomic mass is 10.1. The van der Waals surface area contributed by atoms with Gasteiger partial charge in [-0.2, -0.15) is 0 Å². The Bertz CT molecular complexity index is 1090. The average Bonchev–Trinajstić information content (AvgIpc) is 3.19. The number of ether oxygens (including phenoxy) is 4. The number of urea groups is 1. The van der Waals surface area contributed by atoms with Gasteiger partial charge in [0.1, 0.15) is 11.9 Å². The van der Waals surface area contributed by atoms with Crippen molar-refractivity contribution >= 4 is 33.3 Å². The zero-order valence-electron chi connectivity index (χ0n) is 18.0. The van der Waals surface area contributed by atoms with Crippen molar-refractivity contribution in [1.29, 1.82) is 0 Å². The first-order valence-corrected chi connectivity index (χ1v) is 10.9. The SMILES string of the molecule is COc1cc(NC(=O)N2CCC(Oc3nc4ccc(F)cc4s3)CC2)cc(OC)c1OC. The first kappa shape index (κ1) is 21.9. The van der Waals surface area contributed by atoms with Crippen LogP contribution in [0.15, 0.2) is 30.3 Å². The molecule has 1 aliphatic heterocycles. The highest BCUT2D eigenvalue weighted by molar-refractivity contribution is 7.20. The quantitative estimate of drug-likeness (QED) is 0.581. The molecule has 10 heteroatoms. The predicted octanol–water partition coefficient (Wildman–Crippen LogP) is 4.54. The normalized spacial score (nSPS) is 14.3. The Morgan fingerprint density at radius 3 is 2.41 bits per heavy atom. The monoisotopic (exact) mass is 461 g/mol. The summed E-state index contributed by atoms with van der Waals surface area (Å²) in [6, 6.07) is 7.64. The third-order valence-electron chi connectivity index (χ3n) is 5.24. The molecule has 1 aliphatic rings. The number of nitrogens with zero attached hydrogens (tertiary/aromatic N) is 2. The third kappa shape index (κ3) is 4.64. The molecule has 0 saturated carbocycles. The molecule has 1 N–H and O–H groups in total. The molecule has 0 unspecified atom stereocenters. The van der Waals surface area contributed by atoms with Crippen LogP contribution in [0, 0.1) is 5.82 Å². The summed E-state index contributed by atoms with van der Waals surface area (Å²) in [7, 11) is 4.57. The lowest BCUT2D eigenvalue weighted by molar-refractivity contribution is 0.115. The van der Waals surface area contributed by atoms with Gasteiger partial charge in [-0.25, -0.2) is 14.2 Å². The summed E-state index contributed by atoms with van der Waals surface area (Å²) in [4.78, 5) is 18.9. The van der Waals surface area contributed by atoms with Crippen molar-refractivity contribution in [3.05, 3.63) is 36.1 Å². The second kappa shape index (κ2) is 9.47. The van der Waals surface area contributed by atoms with Gasteiger partial charge in [0.15, 0.2) is 11.5 Å². The molecular formula is C22H24FN3O5S. The lowest BCUT2D eigenvalue weighted by Gasteiger charge is -2.31. The highest BCUT2D eigenvalue weighted by Crippen LogP contribution is 2.40. The molecule has 0 bridgehead atoms. The molecular weight excluding hydrogens is 437 g/mol. The third-order valence-corrected chi connectivity index (χ3v) is 6.15. The van der Waals surface area contributed by atoms with Gasteiger partial charge < -0.3 is 29.2 Å². The number of piperidine rings is 1. The smallest absolute Gasteiger partial charge is 0.321 e. The van der Waals surface area contributed by atoms with Crippen LogP contribution in [0.1, 0.15) is 12.8 Å². The Kier molecular flexibility index (Phi) is 6.50. The van der Waals surface area contributed by atoms with E-state index in [0.29, 0.717) is 59.6 Å². The summed E-state index contributed by atoms with van der Waals surface area (Å²) in [6.07, 6.45) is 1.30. The number of anilines is 1. The highest BCUT2D eigenvalue weighted by atomic mass is 32.1. The fraction of sp³-hybridized carbons (Fsp3) is 0.364. The fourth-order valence-electron chi connectivity index (χ4n) is 3.60. The van der Waals surface area contributed by atoms with E-state index in [2.05, 4.69) is 10.3 Å². The molecule has 1 fully saturated rings. The van der Waals surface area contributed by atoms with Gasteiger partial charge in [-0.05, 0) is 18.2 Å². The lowest BCUT2D eigenvalue weighted by Crippen LogP contribution is -2.43. The number of amides is 2. The molecule has 4 rings (SSSR count). The Balaban J connectivity index is 1.35. The van der Waals surface area contributed by atoms with Crippen LogP contribution in [-0.2, 0) is 0 Å². The van der Waals surface area contributed by atoms with E-state index < -0.39 is 0 Å². The molecule has 0 atom stereocenters. The molecule has 3 aromatic rings. The van der Waals surface area contributed by atoms with E-state index in [9.17, 15) is 9.18 Å². The van der Waals surface area contributed by atoms with Gasteiger partial charge in [0.2, 0.25) is 5.75 Å². The minimum Gasteiger partial charge on any atom is -0.493 e. The van der Waals surface area contributed by atoms with Crippen LogP contribution in [-0.4, -0.2) is 56.4 Å². The molecule has 2 aromatic carbocycles. The van der Waals surface area contributed by atoms with E-state index in [1.807, 2.05) is 0 Å². The Labute approximate surface area is 188 Å². The zero-order valence-corrected chi connectivity index (χ0v) is 18.8. The maximum atomic E-state index is 13.4. The molecule has 2 heterocycles. The Hall–Kier alpha value is -3.27. The van der Waals surface area contributed by atoms with E-state index in [4.69, 9.17) is 18.9 Å². The fourth-order valence-corrected chi connectivity index (χ4v) is 4.51. The minimum absolute atomic E-state index is 0.0503. The molecule has 2 amide bonds. The van der Waals surface area contributed by atoms with Crippen LogP contribution in [0.2, 0.25) is 0 Å².